The molecule has 0 rings (SSSR count). The molecule has 0 fully saturated rings. The molecule has 0 saturated carbocycles. The van der Waals surface area contributed by atoms with Crippen molar-refractivity contribution in [3.8, 4) is 0 Å². The summed E-state index contributed by atoms with van der Waals surface area (Å²) in [4.78, 5) is 38.0. The molecule has 364 valence electrons. The second-order valence-electron chi connectivity index (χ2n) is 18.5. The zero-order valence-electron chi connectivity index (χ0n) is 41.7. The third-order valence-corrected chi connectivity index (χ3v) is 12.2. The Hall–Kier alpha value is -2.11. The molecule has 0 aromatic carbocycles. The van der Waals surface area contributed by atoms with Gasteiger partial charge >= 0.3 is 17.9 Å². The summed E-state index contributed by atoms with van der Waals surface area (Å²) in [5.41, 5.74) is 0. The van der Waals surface area contributed by atoms with Gasteiger partial charge in [-0.05, 0) is 44.9 Å². The molecule has 0 aromatic rings. The van der Waals surface area contributed by atoms with Gasteiger partial charge in [0, 0.05) is 19.3 Å². The zero-order chi connectivity index (χ0) is 45.1. The van der Waals surface area contributed by atoms with Crippen LogP contribution in [-0.4, -0.2) is 37.2 Å². The van der Waals surface area contributed by atoms with E-state index in [1.807, 2.05) is 0 Å². The van der Waals surface area contributed by atoms with E-state index in [1.54, 1.807) is 0 Å². The van der Waals surface area contributed by atoms with Gasteiger partial charge in [-0.25, -0.2) is 0 Å². The summed E-state index contributed by atoms with van der Waals surface area (Å²) < 4.78 is 16.8. The fourth-order valence-electron chi connectivity index (χ4n) is 8.08. The minimum absolute atomic E-state index is 0.0709. The molecule has 0 bridgehead atoms. The van der Waals surface area contributed by atoms with Gasteiger partial charge in [-0.15, -0.1) is 0 Å². The van der Waals surface area contributed by atoms with Crippen LogP contribution in [0.2, 0.25) is 0 Å². The standard InChI is InChI=1S/C56H104O6/c1-4-7-10-13-16-19-22-25-27-29-31-34-37-40-43-46-49-55(58)61-52-53(51-60-54(57)48-45-42-39-36-33-30-24-21-18-15-12-9-6-3)62-56(59)50-47-44-41-38-35-32-28-26-23-20-17-14-11-8-5-2/h17,20,23,26,53H,4-16,18-19,21-22,24-25,27-52H2,1-3H3/b20-17-,26-23-. The molecule has 1 unspecified atom stereocenters. The lowest BCUT2D eigenvalue weighted by molar-refractivity contribution is -0.167. The van der Waals surface area contributed by atoms with Crippen molar-refractivity contribution in [3.63, 3.8) is 0 Å². The van der Waals surface area contributed by atoms with Gasteiger partial charge < -0.3 is 14.2 Å². The molecule has 0 aromatic heterocycles. The Morgan fingerprint density at radius 1 is 0.323 bits per heavy atom. The molecule has 0 heterocycles. The number of carbonyl (C=O) groups is 3. The third-order valence-electron chi connectivity index (χ3n) is 12.2. The molecule has 6 nitrogen and oxygen atoms in total. The highest BCUT2D eigenvalue weighted by Crippen LogP contribution is 2.16. The monoisotopic (exact) mass is 873 g/mol. The van der Waals surface area contributed by atoms with Gasteiger partial charge in [0.15, 0.2) is 6.10 Å². The van der Waals surface area contributed by atoms with Crippen LogP contribution < -0.4 is 0 Å². The van der Waals surface area contributed by atoms with Crippen LogP contribution >= 0.6 is 0 Å². The molecule has 0 aliphatic carbocycles. The van der Waals surface area contributed by atoms with Crippen LogP contribution in [0.25, 0.3) is 0 Å². The Labute approximate surface area is 385 Å². The molecule has 6 heteroatoms. The SMILES string of the molecule is CCCCC/C=C\C=C/CCCCCCCCC(=O)OC(COC(=O)CCCCCCCCCCCCCCC)COC(=O)CCCCCCCCCCCCCCCCCC. The van der Waals surface area contributed by atoms with Gasteiger partial charge in [-0.2, -0.15) is 0 Å². The Morgan fingerprint density at radius 2 is 0.565 bits per heavy atom. The van der Waals surface area contributed by atoms with Gasteiger partial charge in [0.25, 0.3) is 0 Å². The van der Waals surface area contributed by atoms with Gasteiger partial charge in [-0.3, -0.25) is 14.4 Å². The van der Waals surface area contributed by atoms with Crippen molar-refractivity contribution < 1.29 is 28.6 Å². The predicted molar refractivity (Wildman–Crippen MR) is 266 cm³/mol. The van der Waals surface area contributed by atoms with Crippen molar-refractivity contribution in [2.24, 2.45) is 0 Å². The second kappa shape index (κ2) is 51.5. The lowest BCUT2D eigenvalue weighted by atomic mass is 10.0. The number of carbonyl (C=O) groups excluding carboxylic acids is 3. The summed E-state index contributed by atoms with van der Waals surface area (Å²) in [5.74, 6) is -0.865. The molecular weight excluding hydrogens is 769 g/mol. The van der Waals surface area contributed by atoms with E-state index in [0.29, 0.717) is 19.3 Å². The lowest BCUT2D eigenvalue weighted by Gasteiger charge is -2.18. The number of hydrogen-bond acceptors (Lipinski definition) is 6. The van der Waals surface area contributed by atoms with E-state index in [-0.39, 0.29) is 31.1 Å². The van der Waals surface area contributed by atoms with Gasteiger partial charge in [0.2, 0.25) is 0 Å². The Morgan fingerprint density at radius 3 is 0.887 bits per heavy atom. The maximum atomic E-state index is 12.8. The lowest BCUT2D eigenvalue weighted by Crippen LogP contribution is -2.30. The van der Waals surface area contributed by atoms with Crippen LogP contribution in [0.5, 0.6) is 0 Å². The number of esters is 3. The number of ether oxygens (including phenoxy) is 3. The first-order valence-corrected chi connectivity index (χ1v) is 27.4. The van der Waals surface area contributed by atoms with Gasteiger partial charge in [-0.1, -0.05) is 257 Å². The van der Waals surface area contributed by atoms with Crippen molar-refractivity contribution in [2.45, 2.75) is 303 Å². The van der Waals surface area contributed by atoms with Crippen molar-refractivity contribution in [2.75, 3.05) is 13.2 Å². The second-order valence-corrected chi connectivity index (χ2v) is 18.5. The minimum atomic E-state index is -0.771. The first-order chi connectivity index (χ1) is 30.5. The van der Waals surface area contributed by atoms with E-state index in [4.69, 9.17) is 14.2 Å². The number of allylic oxidation sites excluding steroid dienone is 4. The van der Waals surface area contributed by atoms with Crippen molar-refractivity contribution in [3.05, 3.63) is 24.3 Å². The molecule has 0 saturated heterocycles. The van der Waals surface area contributed by atoms with Crippen molar-refractivity contribution >= 4 is 17.9 Å². The fourth-order valence-corrected chi connectivity index (χ4v) is 8.08. The molecule has 0 aliphatic heterocycles. The molecule has 1 atom stereocenters. The molecule has 0 N–H and O–H groups in total. The summed E-state index contributed by atoms with van der Waals surface area (Å²) in [5, 5.41) is 0. The van der Waals surface area contributed by atoms with Gasteiger partial charge in [0.1, 0.15) is 13.2 Å². The van der Waals surface area contributed by atoms with Crippen LogP contribution in [-0.2, 0) is 28.6 Å². The summed E-state index contributed by atoms with van der Waals surface area (Å²) >= 11 is 0. The van der Waals surface area contributed by atoms with Gasteiger partial charge in [0.05, 0.1) is 0 Å². The minimum Gasteiger partial charge on any atom is -0.462 e. The van der Waals surface area contributed by atoms with Crippen LogP contribution in [0.3, 0.4) is 0 Å². The van der Waals surface area contributed by atoms with Crippen molar-refractivity contribution in [1.29, 1.82) is 0 Å². The van der Waals surface area contributed by atoms with Crippen LogP contribution in [0.15, 0.2) is 24.3 Å². The summed E-state index contributed by atoms with van der Waals surface area (Å²) in [6.07, 6.45) is 58.7. The summed E-state index contributed by atoms with van der Waals surface area (Å²) in [7, 11) is 0. The van der Waals surface area contributed by atoms with Crippen LogP contribution in [0, 0.1) is 0 Å². The van der Waals surface area contributed by atoms with Crippen LogP contribution in [0.4, 0.5) is 0 Å². The van der Waals surface area contributed by atoms with E-state index < -0.39 is 6.10 Å². The third kappa shape index (κ3) is 48.9. The highest BCUT2D eigenvalue weighted by atomic mass is 16.6. The quantitative estimate of drug-likeness (QED) is 0.0262. The zero-order valence-corrected chi connectivity index (χ0v) is 41.7. The van der Waals surface area contributed by atoms with Crippen LogP contribution in [0.1, 0.15) is 297 Å². The maximum Gasteiger partial charge on any atom is 0.306 e. The first-order valence-electron chi connectivity index (χ1n) is 27.4. The molecule has 0 spiro atoms. The van der Waals surface area contributed by atoms with E-state index in [9.17, 15) is 14.4 Å². The number of rotatable bonds is 50. The first kappa shape index (κ1) is 59.9. The Bertz CT molecular complexity index is 1000. The number of hydrogen-bond donors (Lipinski definition) is 0. The molecule has 62 heavy (non-hydrogen) atoms. The highest BCUT2D eigenvalue weighted by Gasteiger charge is 2.19. The number of unbranched alkanes of at least 4 members (excludes halogenated alkanes) is 36. The maximum absolute atomic E-state index is 12.8. The highest BCUT2D eigenvalue weighted by molar-refractivity contribution is 5.71. The van der Waals surface area contributed by atoms with E-state index in [1.165, 1.54) is 193 Å². The molecular formula is C56H104O6. The van der Waals surface area contributed by atoms with E-state index >= 15 is 0 Å². The average molecular weight is 873 g/mol. The topological polar surface area (TPSA) is 78.9 Å². The Kier molecular flexibility index (Phi) is 49.8. The predicted octanol–water partition coefficient (Wildman–Crippen LogP) is 17.9. The fraction of sp³-hybridized carbons (Fsp3) is 0.875. The smallest absolute Gasteiger partial charge is 0.306 e. The van der Waals surface area contributed by atoms with E-state index in [2.05, 4.69) is 45.1 Å². The van der Waals surface area contributed by atoms with E-state index in [0.717, 1.165) is 64.2 Å². The molecule has 0 radical (unpaired) electrons. The molecule has 0 amide bonds. The summed E-state index contributed by atoms with van der Waals surface area (Å²) in [6, 6.07) is 0. The van der Waals surface area contributed by atoms with Crippen molar-refractivity contribution in [1.82, 2.24) is 0 Å². The normalized spacial score (nSPS) is 12.1. The average Bonchev–Trinajstić information content (AvgIpc) is 3.27. The Balaban J connectivity index is 4.34. The summed E-state index contributed by atoms with van der Waals surface area (Å²) in [6.45, 7) is 6.64. The largest absolute Gasteiger partial charge is 0.462 e. The molecule has 0 aliphatic rings.